The van der Waals surface area contributed by atoms with Crippen molar-refractivity contribution < 1.29 is 0 Å². The van der Waals surface area contributed by atoms with Crippen LogP contribution in [0.4, 0.5) is 0 Å². The normalized spacial score (nSPS) is 48.3. The van der Waals surface area contributed by atoms with Crippen molar-refractivity contribution in [1.82, 2.24) is 0 Å². The molecule has 3 fully saturated rings. The van der Waals surface area contributed by atoms with Gasteiger partial charge in [-0.25, -0.2) is 0 Å². The first kappa shape index (κ1) is 13.5. The van der Waals surface area contributed by atoms with Gasteiger partial charge in [0.05, 0.1) is 0 Å². The van der Waals surface area contributed by atoms with E-state index in [1.807, 2.05) is 0 Å². The monoisotopic (exact) mass is 312 g/mol. The molecule has 3 aliphatic carbocycles. The van der Waals surface area contributed by atoms with Crippen molar-refractivity contribution in [3.05, 3.63) is 0 Å². The maximum Gasteiger partial charge on any atom is 0.0148 e. The highest BCUT2D eigenvalue weighted by Gasteiger charge is 2.43. The molecule has 0 radical (unpaired) electrons. The van der Waals surface area contributed by atoms with Gasteiger partial charge in [0, 0.05) is 4.83 Å². The van der Waals surface area contributed by atoms with E-state index in [2.05, 4.69) is 22.9 Å². The molecule has 0 aliphatic heterocycles. The van der Waals surface area contributed by atoms with Crippen molar-refractivity contribution in [2.75, 3.05) is 0 Å². The molecule has 3 rings (SSSR count). The van der Waals surface area contributed by atoms with Gasteiger partial charge >= 0.3 is 0 Å². The zero-order chi connectivity index (χ0) is 12.5. The van der Waals surface area contributed by atoms with Gasteiger partial charge in [-0.2, -0.15) is 0 Å². The second kappa shape index (κ2) is 5.85. The van der Waals surface area contributed by atoms with Crippen LogP contribution in [0.2, 0.25) is 0 Å². The Labute approximate surface area is 121 Å². The second-order valence-corrected chi connectivity index (χ2v) is 8.60. The highest BCUT2D eigenvalue weighted by molar-refractivity contribution is 9.09. The summed E-state index contributed by atoms with van der Waals surface area (Å²) in [5, 5.41) is 0. The summed E-state index contributed by atoms with van der Waals surface area (Å²) in [5.41, 5.74) is 0. The first-order valence-corrected chi connectivity index (χ1v) is 9.33. The summed E-state index contributed by atoms with van der Waals surface area (Å²) in [6.45, 7) is 2.36. The van der Waals surface area contributed by atoms with Crippen LogP contribution in [0.1, 0.15) is 71.1 Å². The van der Waals surface area contributed by atoms with Gasteiger partial charge in [-0.1, -0.05) is 42.1 Å². The lowest BCUT2D eigenvalue weighted by molar-refractivity contribution is 0.0122. The standard InChI is InChI=1S/C17H29Br/c1-2-3-12-4-8-16-13(10-12)5-6-14-11-15(18)7-9-17(14)16/h12-17H,2-11H2,1H3/t12-,13?,14?,15-,16?,17?/m0/s1. The van der Waals surface area contributed by atoms with E-state index in [0.717, 1.165) is 34.4 Å². The van der Waals surface area contributed by atoms with Crippen molar-refractivity contribution in [3.63, 3.8) is 0 Å². The van der Waals surface area contributed by atoms with E-state index < -0.39 is 0 Å². The van der Waals surface area contributed by atoms with E-state index in [9.17, 15) is 0 Å². The molecule has 0 saturated heterocycles. The van der Waals surface area contributed by atoms with Crippen LogP contribution in [0, 0.1) is 29.6 Å². The average Bonchev–Trinajstić information content (AvgIpc) is 2.38. The van der Waals surface area contributed by atoms with E-state index in [1.165, 1.54) is 32.1 Å². The molecular weight excluding hydrogens is 284 g/mol. The number of hydrogen-bond acceptors (Lipinski definition) is 0. The third kappa shape index (κ3) is 2.67. The zero-order valence-corrected chi connectivity index (χ0v) is 13.5. The van der Waals surface area contributed by atoms with Gasteiger partial charge in [-0.05, 0) is 74.5 Å². The van der Waals surface area contributed by atoms with Crippen LogP contribution in [0.5, 0.6) is 0 Å². The van der Waals surface area contributed by atoms with Gasteiger partial charge in [-0.3, -0.25) is 0 Å². The Morgan fingerprint density at radius 3 is 2.22 bits per heavy atom. The van der Waals surface area contributed by atoms with Crippen LogP contribution in [0.15, 0.2) is 0 Å². The largest absolute Gasteiger partial charge is 0.0891 e. The van der Waals surface area contributed by atoms with Crippen molar-refractivity contribution in [1.29, 1.82) is 0 Å². The van der Waals surface area contributed by atoms with Crippen LogP contribution in [-0.2, 0) is 0 Å². The molecule has 104 valence electrons. The summed E-state index contributed by atoms with van der Waals surface area (Å²) in [6.07, 6.45) is 15.2. The SMILES string of the molecule is CCC[C@H]1CCC2C(CCC3C[C@@H](Br)CCC32)C1. The van der Waals surface area contributed by atoms with Crippen LogP contribution in [0.25, 0.3) is 0 Å². The predicted octanol–water partition coefficient (Wildman–Crippen LogP) is 5.79. The lowest BCUT2D eigenvalue weighted by atomic mass is 9.56. The molecule has 0 aromatic heterocycles. The van der Waals surface area contributed by atoms with Crippen LogP contribution >= 0.6 is 15.9 Å². The Morgan fingerprint density at radius 2 is 1.50 bits per heavy atom. The Bertz CT molecular complexity index is 275. The summed E-state index contributed by atoms with van der Waals surface area (Å²) in [7, 11) is 0. The van der Waals surface area contributed by atoms with Crippen molar-refractivity contribution in [2.45, 2.75) is 76.0 Å². The molecule has 0 heterocycles. The molecule has 0 aromatic rings. The first-order valence-electron chi connectivity index (χ1n) is 8.42. The number of alkyl halides is 1. The minimum absolute atomic E-state index is 0.840. The van der Waals surface area contributed by atoms with Gasteiger partial charge in [-0.15, -0.1) is 0 Å². The second-order valence-electron chi connectivity index (χ2n) is 7.30. The Balaban J connectivity index is 1.63. The molecule has 3 saturated carbocycles. The third-order valence-electron chi connectivity index (χ3n) is 6.28. The van der Waals surface area contributed by atoms with Crippen LogP contribution in [-0.4, -0.2) is 4.83 Å². The molecule has 4 unspecified atom stereocenters. The van der Waals surface area contributed by atoms with Gasteiger partial charge in [0.2, 0.25) is 0 Å². The summed E-state index contributed by atoms with van der Waals surface area (Å²) >= 11 is 3.87. The summed E-state index contributed by atoms with van der Waals surface area (Å²) in [6, 6.07) is 0. The Hall–Kier alpha value is 0.480. The molecule has 0 N–H and O–H groups in total. The Morgan fingerprint density at radius 1 is 0.833 bits per heavy atom. The van der Waals surface area contributed by atoms with E-state index in [0.29, 0.717) is 0 Å². The third-order valence-corrected chi connectivity index (χ3v) is 7.11. The van der Waals surface area contributed by atoms with E-state index in [4.69, 9.17) is 0 Å². The number of fused-ring (bicyclic) bond motifs is 3. The smallest absolute Gasteiger partial charge is 0.0148 e. The minimum Gasteiger partial charge on any atom is -0.0891 e. The molecule has 0 aromatic carbocycles. The fourth-order valence-electron chi connectivity index (χ4n) is 5.50. The van der Waals surface area contributed by atoms with E-state index in [-0.39, 0.29) is 0 Å². The van der Waals surface area contributed by atoms with E-state index >= 15 is 0 Å². The average molecular weight is 313 g/mol. The van der Waals surface area contributed by atoms with Gasteiger partial charge < -0.3 is 0 Å². The molecular formula is C17H29Br. The minimum atomic E-state index is 0.840. The number of rotatable bonds is 2. The van der Waals surface area contributed by atoms with Crippen LogP contribution in [0.3, 0.4) is 0 Å². The summed E-state index contributed by atoms with van der Waals surface area (Å²) in [4.78, 5) is 0.840. The number of halogens is 1. The quantitative estimate of drug-likeness (QED) is 0.566. The number of hydrogen-bond donors (Lipinski definition) is 0. The maximum absolute atomic E-state index is 3.87. The summed E-state index contributed by atoms with van der Waals surface area (Å²) < 4.78 is 0. The fourth-order valence-corrected chi connectivity index (χ4v) is 6.25. The Kier molecular flexibility index (Phi) is 4.38. The van der Waals surface area contributed by atoms with E-state index in [1.54, 1.807) is 32.1 Å². The fraction of sp³-hybridized carbons (Fsp3) is 1.00. The maximum atomic E-state index is 3.87. The van der Waals surface area contributed by atoms with Crippen LogP contribution < -0.4 is 0 Å². The molecule has 0 nitrogen and oxygen atoms in total. The topological polar surface area (TPSA) is 0 Å². The van der Waals surface area contributed by atoms with Crippen molar-refractivity contribution in [3.8, 4) is 0 Å². The lowest BCUT2D eigenvalue weighted by Crippen LogP contribution is -2.41. The van der Waals surface area contributed by atoms with Crippen molar-refractivity contribution >= 4 is 15.9 Å². The highest BCUT2D eigenvalue weighted by Crippen LogP contribution is 2.53. The molecule has 1 heteroatoms. The van der Waals surface area contributed by atoms with Gasteiger partial charge in [0.25, 0.3) is 0 Å². The molecule has 0 bridgehead atoms. The zero-order valence-electron chi connectivity index (χ0n) is 11.9. The van der Waals surface area contributed by atoms with Crippen molar-refractivity contribution in [2.24, 2.45) is 29.6 Å². The molecule has 18 heavy (non-hydrogen) atoms. The molecule has 0 spiro atoms. The lowest BCUT2D eigenvalue weighted by Gasteiger charge is -2.50. The first-order chi connectivity index (χ1) is 8.78. The van der Waals surface area contributed by atoms with Gasteiger partial charge in [0.1, 0.15) is 0 Å². The highest BCUT2D eigenvalue weighted by atomic mass is 79.9. The molecule has 0 amide bonds. The van der Waals surface area contributed by atoms with Gasteiger partial charge in [0.15, 0.2) is 0 Å². The molecule has 3 aliphatic rings. The molecule has 6 atom stereocenters. The summed E-state index contributed by atoms with van der Waals surface area (Å²) in [5.74, 6) is 5.51. The predicted molar refractivity (Wildman–Crippen MR) is 82.0 cm³/mol.